The molecule has 1 fully saturated rings. The van der Waals surface area contributed by atoms with Crippen LogP contribution in [0, 0.1) is 0 Å². The van der Waals surface area contributed by atoms with Gasteiger partial charge in [0.2, 0.25) is 0 Å². The van der Waals surface area contributed by atoms with Crippen molar-refractivity contribution < 1.29 is 9.53 Å². The summed E-state index contributed by atoms with van der Waals surface area (Å²) in [7, 11) is 0. The van der Waals surface area contributed by atoms with E-state index in [2.05, 4.69) is 4.98 Å². The summed E-state index contributed by atoms with van der Waals surface area (Å²) in [5.74, 6) is 0. The minimum absolute atomic E-state index is 0.0353. The summed E-state index contributed by atoms with van der Waals surface area (Å²) in [4.78, 5) is 31.7. The van der Waals surface area contributed by atoms with Crippen LogP contribution >= 0.6 is 0 Å². The molecule has 0 aromatic carbocycles. The van der Waals surface area contributed by atoms with Gasteiger partial charge in [-0.3, -0.25) is 9.13 Å². The van der Waals surface area contributed by atoms with Gasteiger partial charge < -0.3 is 9.64 Å². The molecular formula is C20H30N4O3. The second-order valence-electron chi connectivity index (χ2n) is 9.20. The first-order chi connectivity index (χ1) is 12.5. The molecule has 1 saturated heterocycles. The van der Waals surface area contributed by atoms with E-state index in [1.807, 2.05) is 58.2 Å². The summed E-state index contributed by atoms with van der Waals surface area (Å²) in [6.45, 7) is 12.8. The van der Waals surface area contributed by atoms with Crippen LogP contribution in [0.25, 0.3) is 11.2 Å². The third-order valence-corrected chi connectivity index (χ3v) is 4.79. The van der Waals surface area contributed by atoms with Crippen molar-refractivity contribution in [2.75, 3.05) is 13.1 Å². The van der Waals surface area contributed by atoms with Crippen LogP contribution in [0.5, 0.6) is 0 Å². The average Bonchev–Trinajstić information content (AvgIpc) is 2.85. The zero-order valence-corrected chi connectivity index (χ0v) is 17.2. The topological polar surface area (TPSA) is 69.4 Å². The first-order valence-corrected chi connectivity index (χ1v) is 9.55. The number of piperidine rings is 1. The number of rotatable bonds is 1. The van der Waals surface area contributed by atoms with E-state index in [9.17, 15) is 9.59 Å². The summed E-state index contributed by atoms with van der Waals surface area (Å²) in [5.41, 5.74) is 0.674. The van der Waals surface area contributed by atoms with Crippen molar-refractivity contribution in [2.24, 2.45) is 0 Å². The number of aromatic nitrogens is 3. The minimum Gasteiger partial charge on any atom is -0.444 e. The third kappa shape index (κ3) is 3.87. The first-order valence-electron chi connectivity index (χ1n) is 9.55. The lowest BCUT2D eigenvalue weighted by molar-refractivity contribution is 0.0188. The Morgan fingerprint density at radius 2 is 1.78 bits per heavy atom. The fourth-order valence-corrected chi connectivity index (χ4v) is 3.64. The molecule has 0 radical (unpaired) electrons. The number of fused-ring (bicyclic) bond motifs is 1. The normalized spacial score (nSPS) is 16.7. The maximum Gasteiger partial charge on any atom is 0.410 e. The van der Waals surface area contributed by atoms with Crippen molar-refractivity contribution in [3.05, 3.63) is 28.8 Å². The lowest BCUT2D eigenvalue weighted by atomic mass is 10.1. The van der Waals surface area contributed by atoms with Crippen molar-refractivity contribution in [1.82, 2.24) is 19.0 Å². The van der Waals surface area contributed by atoms with E-state index in [4.69, 9.17) is 4.74 Å². The Balaban J connectivity index is 1.87. The zero-order valence-electron chi connectivity index (χ0n) is 17.2. The molecule has 0 bridgehead atoms. The molecule has 0 spiro atoms. The minimum atomic E-state index is -0.503. The number of amides is 1. The smallest absolute Gasteiger partial charge is 0.410 e. The molecule has 0 atom stereocenters. The quantitative estimate of drug-likeness (QED) is 0.766. The van der Waals surface area contributed by atoms with Crippen LogP contribution in [0.1, 0.15) is 60.4 Å². The molecule has 1 aliphatic heterocycles. The van der Waals surface area contributed by atoms with Gasteiger partial charge in [0.25, 0.3) is 0 Å². The van der Waals surface area contributed by atoms with Gasteiger partial charge in [-0.15, -0.1) is 0 Å². The van der Waals surface area contributed by atoms with Gasteiger partial charge in [0.05, 0.1) is 5.52 Å². The van der Waals surface area contributed by atoms with E-state index < -0.39 is 5.60 Å². The Morgan fingerprint density at radius 3 is 2.33 bits per heavy atom. The summed E-state index contributed by atoms with van der Waals surface area (Å²) >= 11 is 0. The number of hydrogen-bond donors (Lipinski definition) is 0. The monoisotopic (exact) mass is 374 g/mol. The molecule has 0 N–H and O–H groups in total. The van der Waals surface area contributed by atoms with Crippen LogP contribution in [0.15, 0.2) is 23.1 Å². The number of carbonyl (C=O) groups is 1. The van der Waals surface area contributed by atoms with E-state index in [1.165, 1.54) is 0 Å². The number of pyridine rings is 1. The second-order valence-corrected chi connectivity index (χ2v) is 9.20. The third-order valence-electron chi connectivity index (χ3n) is 4.79. The predicted molar refractivity (Wildman–Crippen MR) is 105 cm³/mol. The summed E-state index contributed by atoms with van der Waals surface area (Å²) < 4.78 is 9.09. The molecule has 0 unspecified atom stereocenters. The van der Waals surface area contributed by atoms with Gasteiger partial charge in [-0.25, -0.2) is 14.6 Å². The summed E-state index contributed by atoms with van der Waals surface area (Å²) in [5, 5.41) is 0. The van der Waals surface area contributed by atoms with Crippen LogP contribution in [0.4, 0.5) is 4.79 Å². The number of carbonyl (C=O) groups excluding carboxylic acids is 1. The van der Waals surface area contributed by atoms with Crippen LogP contribution in [0.3, 0.4) is 0 Å². The SMILES string of the molecule is CC(C)(C)OC(=O)N1CCC(n2c(=O)n(C(C)(C)C)c3ncccc32)CC1. The van der Waals surface area contributed by atoms with Gasteiger partial charge in [-0.05, 0) is 66.5 Å². The Morgan fingerprint density at radius 1 is 1.15 bits per heavy atom. The Bertz CT molecular complexity index is 891. The van der Waals surface area contributed by atoms with E-state index >= 15 is 0 Å². The standard InChI is InChI=1S/C20H30N4O3/c1-19(2,3)24-16-15(8-7-11-21-16)23(17(24)25)14-9-12-22(13-10-14)18(26)27-20(4,5)6/h7-8,11,14H,9-10,12-13H2,1-6H3. The molecule has 0 saturated carbocycles. The van der Waals surface area contributed by atoms with E-state index in [1.54, 1.807) is 15.7 Å². The van der Waals surface area contributed by atoms with Gasteiger partial charge in [-0.2, -0.15) is 0 Å². The summed E-state index contributed by atoms with van der Waals surface area (Å²) in [6, 6.07) is 3.86. The fraction of sp³-hybridized carbons (Fsp3) is 0.650. The van der Waals surface area contributed by atoms with E-state index in [0.717, 1.165) is 18.4 Å². The Kier molecular flexibility index (Phi) is 4.82. The molecular weight excluding hydrogens is 344 g/mol. The lowest BCUT2D eigenvalue weighted by Gasteiger charge is -2.33. The van der Waals surface area contributed by atoms with Crippen LogP contribution in [-0.4, -0.2) is 43.8 Å². The Labute approximate surface area is 159 Å². The van der Waals surface area contributed by atoms with E-state index in [-0.39, 0.29) is 23.4 Å². The maximum atomic E-state index is 13.2. The number of imidazole rings is 1. The number of likely N-dealkylation sites (tertiary alicyclic amines) is 1. The van der Waals surface area contributed by atoms with Gasteiger partial charge in [0.1, 0.15) is 5.60 Å². The molecule has 3 rings (SSSR count). The van der Waals surface area contributed by atoms with Gasteiger partial charge >= 0.3 is 11.8 Å². The molecule has 2 aromatic rings. The maximum absolute atomic E-state index is 13.2. The molecule has 7 nitrogen and oxygen atoms in total. The van der Waals surface area contributed by atoms with Crippen molar-refractivity contribution in [3.63, 3.8) is 0 Å². The number of nitrogens with zero attached hydrogens (tertiary/aromatic N) is 4. The fourth-order valence-electron chi connectivity index (χ4n) is 3.64. The van der Waals surface area contributed by atoms with Crippen molar-refractivity contribution >= 4 is 17.3 Å². The first kappa shape index (κ1) is 19.5. The zero-order chi connectivity index (χ0) is 20.0. The van der Waals surface area contributed by atoms with Crippen molar-refractivity contribution in [1.29, 1.82) is 0 Å². The van der Waals surface area contributed by atoms with Crippen molar-refractivity contribution in [2.45, 2.75) is 71.6 Å². The molecule has 3 heterocycles. The molecule has 1 aliphatic rings. The largest absolute Gasteiger partial charge is 0.444 e. The van der Waals surface area contributed by atoms with Gasteiger partial charge in [0, 0.05) is 30.9 Å². The molecule has 1 amide bonds. The van der Waals surface area contributed by atoms with Crippen LogP contribution in [0.2, 0.25) is 0 Å². The highest BCUT2D eigenvalue weighted by molar-refractivity contribution is 5.72. The average molecular weight is 374 g/mol. The second kappa shape index (κ2) is 6.69. The van der Waals surface area contributed by atoms with E-state index in [0.29, 0.717) is 18.7 Å². The molecule has 7 heteroatoms. The summed E-state index contributed by atoms with van der Waals surface area (Å²) in [6.07, 6.45) is 2.88. The molecule has 2 aromatic heterocycles. The highest BCUT2D eigenvalue weighted by Crippen LogP contribution is 2.28. The van der Waals surface area contributed by atoms with Crippen molar-refractivity contribution in [3.8, 4) is 0 Å². The number of hydrogen-bond acceptors (Lipinski definition) is 4. The lowest BCUT2D eigenvalue weighted by Crippen LogP contribution is -2.44. The van der Waals surface area contributed by atoms with Gasteiger partial charge in [-0.1, -0.05) is 0 Å². The Hall–Kier alpha value is -2.31. The number of ether oxygens (including phenoxy) is 1. The van der Waals surface area contributed by atoms with Crippen LogP contribution < -0.4 is 5.69 Å². The molecule has 0 aliphatic carbocycles. The predicted octanol–water partition coefficient (Wildman–Crippen LogP) is 3.53. The highest BCUT2D eigenvalue weighted by Gasteiger charge is 2.31. The van der Waals surface area contributed by atoms with Gasteiger partial charge in [0.15, 0.2) is 5.65 Å². The molecule has 27 heavy (non-hydrogen) atoms. The highest BCUT2D eigenvalue weighted by atomic mass is 16.6. The van der Waals surface area contributed by atoms with Crippen LogP contribution in [-0.2, 0) is 10.3 Å². The molecule has 148 valence electrons.